The maximum absolute atomic E-state index is 13.2. The number of aromatic nitrogens is 1. The van der Waals surface area contributed by atoms with Crippen molar-refractivity contribution in [2.45, 2.75) is 17.2 Å². The van der Waals surface area contributed by atoms with Crippen molar-refractivity contribution in [3.05, 3.63) is 88.9 Å². The zero-order valence-corrected chi connectivity index (χ0v) is 23.3. The van der Waals surface area contributed by atoms with E-state index in [1.54, 1.807) is 39.3 Å². The van der Waals surface area contributed by atoms with Crippen LogP contribution in [-0.4, -0.2) is 41.4 Å². The largest absolute Gasteiger partial charge is 0.497 e. The van der Waals surface area contributed by atoms with E-state index < -0.39 is 17.1 Å². The fourth-order valence-electron chi connectivity index (χ4n) is 3.92. The van der Waals surface area contributed by atoms with Gasteiger partial charge in [0.05, 0.1) is 47.0 Å². The van der Waals surface area contributed by atoms with E-state index in [-0.39, 0.29) is 21.8 Å². The number of nitrogens with zero attached hydrogens (tertiary/aromatic N) is 2. The van der Waals surface area contributed by atoms with Gasteiger partial charge in [0.2, 0.25) is 5.91 Å². The lowest BCUT2D eigenvalue weighted by Crippen LogP contribution is -2.23. The van der Waals surface area contributed by atoms with Gasteiger partial charge in [-0.2, -0.15) is 5.26 Å². The van der Waals surface area contributed by atoms with Gasteiger partial charge in [0.15, 0.2) is 0 Å². The number of thioether (sulfide) groups is 1. The quantitative estimate of drug-likeness (QED) is 0.210. The van der Waals surface area contributed by atoms with Crippen LogP contribution < -0.4 is 14.8 Å². The van der Waals surface area contributed by atoms with Gasteiger partial charge in [-0.1, -0.05) is 53.7 Å². The predicted octanol–water partition coefficient (Wildman–Crippen LogP) is 6.78. The average molecular weight is 574 g/mol. The lowest BCUT2D eigenvalue weighted by Gasteiger charge is -2.18. The number of hydrogen-bond acceptors (Lipinski definition) is 7. The van der Waals surface area contributed by atoms with Gasteiger partial charge in [0.25, 0.3) is 0 Å². The number of ether oxygens (including phenoxy) is 2. The number of pyridine rings is 1. The third-order valence-corrected chi connectivity index (χ3v) is 7.41. The molecule has 1 unspecified atom stereocenters. The average Bonchev–Trinajstić information content (AvgIpc) is 2.97. The highest BCUT2D eigenvalue weighted by Crippen LogP contribution is 2.40. The second kappa shape index (κ2) is 12.6. The predicted molar refractivity (Wildman–Crippen MR) is 155 cm³/mol. The van der Waals surface area contributed by atoms with Crippen molar-refractivity contribution >= 4 is 40.9 Å². The Balaban J connectivity index is 1.78. The second-order valence-corrected chi connectivity index (χ2v) is 10.3. The lowest BCUT2D eigenvalue weighted by molar-refractivity contribution is -0.115. The molecule has 0 radical (unpaired) electrons. The van der Waals surface area contributed by atoms with Gasteiger partial charge in [-0.05, 0) is 49.4 Å². The highest BCUT2D eigenvalue weighted by molar-refractivity contribution is 8.00. The Kier molecular flexibility index (Phi) is 8.94. The number of carbonyl (C=O) groups excluding carboxylic acids is 1. The summed E-state index contributed by atoms with van der Waals surface area (Å²) in [7, 11) is 3.10. The van der Waals surface area contributed by atoms with Crippen molar-refractivity contribution in [2.24, 2.45) is 0 Å². The molecule has 2 N–H and O–H groups in total. The highest BCUT2D eigenvalue weighted by atomic mass is 35.5. The molecule has 0 saturated heterocycles. The summed E-state index contributed by atoms with van der Waals surface area (Å²) >= 11 is 7.30. The number of hydrogen-bond donors (Lipinski definition) is 2. The van der Waals surface area contributed by atoms with Crippen LogP contribution in [0, 0.1) is 11.3 Å². The summed E-state index contributed by atoms with van der Waals surface area (Å²) in [6.07, 6.45) is 0. The van der Waals surface area contributed by atoms with Crippen molar-refractivity contribution in [2.75, 3.05) is 19.5 Å². The first-order valence-corrected chi connectivity index (χ1v) is 13.2. The van der Waals surface area contributed by atoms with Crippen molar-refractivity contribution in [3.63, 3.8) is 0 Å². The van der Waals surface area contributed by atoms with Crippen molar-refractivity contribution in [3.8, 4) is 40.0 Å². The first-order chi connectivity index (χ1) is 19.2. The summed E-state index contributed by atoms with van der Waals surface area (Å²) in [5.74, 6) is -0.459. The molecule has 0 bridgehead atoms. The SMILES string of the molecule is COc1ccc(OC)c(-c2cc(-c3ccccc3)nc(SC(C)C(=O)Nc3cc(C(=O)O)ccc3Cl)c2C#N)c1. The van der Waals surface area contributed by atoms with E-state index in [0.717, 1.165) is 17.3 Å². The Hall–Kier alpha value is -4.52. The Morgan fingerprint density at radius 3 is 2.42 bits per heavy atom. The number of halogens is 1. The molecule has 0 aliphatic carbocycles. The molecule has 10 heteroatoms. The zero-order valence-electron chi connectivity index (χ0n) is 21.8. The van der Waals surface area contributed by atoms with E-state index in [4.69, 9.17) is 26.1 Å². The molecule has 0 fully saturated rings. The molecule has 40 heavy (non-hydrogen) atoms. The molecule has 0 aliphatic rings. The third kappa shape index (κ3) is 6.20. The van der Waals surface area contributed by atoms with Crippen molar-refractivity contribution in [1.29, 1.82) is 5.26 Å². The van der Waals surface area contributed by atoms with Gasteiger partial charge in [0, 0.05) is 16.7 Å². The van der Waals surface area contributed by atoms with E-state index in [2.05, 4.69) is 11.4 Å². The first-order valence-electron chi connectivity index (χ1n) is 12.0. The minimum absolute atomic E-state index is 0.0131. The van der Waals surface area contributed by atoms with Crippen LogP contribution >= 0.6 is 23.4 Å². The number of amides is 1. The Labute approximate surface area is 240 Å². The topological polar surface area (TPSA) is 122 Å². The summed E-state index contributed by atoms with van der Waals surface area (Å²) in [5.41, 5.74) is 3.06. The molecule has 4 aromatic rings. The molecule has 1 atom stereocenters. The normalized spacial score (nSPS) is 11.3. The number of carbonyl (C=O) groups is 2. The fourth-order valence-corrected chi connectivity index (χ4v) is 5.01. The highest BCUT2D eigenvalue weighted by Gasteiger charge is 2.24. The van der Waals surface area contributed by atoms with Gasteiger partial charge < -0.3 is 19.9 Å². The van der Waals surface area contributed by atoms with Gasteiger partial charge in [0.1, 0.15) is 22.6 Å². The number of nitriles is 1. The van der Waals surface area contributed by atoms with Crippen LogP contribution in [0.25, 0.3) is 22.4 Å². The number of methoxy groups -OCH3 is 2. The molecular weight excluding hydrogens is 550 g/mol. The fraction of sp³-hybridized carbons (Fsp3) is 0.133. The number of carboxylic acids is 1. The summed E-state index contributed by atoms with van der Waals surface area (Å²) < 4.78 is 11.0. The number of aromatic carboxylic acids is 1. The van der Waals surface area contributed by atoms with Crippen LogP contribution in [0.3, 0.4) is 0 Å². The Morgan fingerprint density at radius 1 is 1.02 bits per heavy atom. The van der Waals surface area contributed by atoms with Crippen LogP contribution in [-0.2, 0) is 4.79 Å². The second-order valence-electron chi connectivity index (χ2n) is 8.53. The summed E-state index contributed by atoms with van der Waals surface area (Å²) in [5, 5.41) is 22.1. The Morgan fingerprint density at radius 2 is 1.77 bits per heavy atom. The monoisotopic (exact) mass is 573 g/mol. The van der Waals surface area contributed by atoms with Crippen LogP contribution in [0.1, 0.15) is 22.8 Å². The standard InChI is InChI=1S/C30H24ClN3O5S/c1-17(28(35)33-26-13-19(30(36)37)9-11-24(26)31)40-29-23(16-32)21(15-25(34-29)18-7-5-4-6-8-18)22-14-20(38-2)10-12-27(22)39-3/h4-15,17H,1-3H3,(H,33,35)(H,36,37). The number of rotatable bonds is 9. The molecule has 202 valence electrons. The summed E-state index contributed by atoms with van der Waals surface area (Å²) in [6, 6.07) is 22.9. The molecule has 4 rings (SSSR count). The van der Waals surface area contributed by atoms with E-state index in [1.807, 2.05) is 36.4 Å². The van der Waals surface area contributed by atoms with E-state index >= 15 is 0 Å². The summed E-state index contributed by atoms with van der Waals surface area (Å²) in [6.45, 7) is 1.67. The number of nitrogens with one attached hydrogen (secondary N) is 1. The van der Waals surface area contributed by atoms with E-state index in [1.165, 1.54) is 18.2 Å². The molecule has 1 heterocycles. The summed E-state index contributed by atoms with van der Waals surface area (Å²) in [4.78, 5) is 29.3. The molecule has 1 aromatic heterocycles. The lowest BCUT2D eigenvalue weighted by atomic mass is 9.98. The minimum atomic E-state index is -1.14. The molecule has 0 saturated carbocycles. The number of carboxylic acid groups (broad SMARTS) is 1. The van der Waals surface area contributed by atoms with Crippen molar-refractivity contribution in [1.82, 2.24) is 4.98 Å². The molecule has 8 nitrogen and oxygen atoms in total. The van der Waals surface area contributed by atoms with Crippen LogP contribution in [0.4, 0.5) is 5.69 Å². The van der Waals surface area contributed by atoms with Crippen LogP contribution in [0.2, 0.25) is 5.02 Å². The molecule has 3 aromatic carbocycles. The molecule has 0 aliphatic heterocycles. The number of benzene rings is 3. The molecule has 1 amide bonds. The van der Waals surface area contributed by atoms with Gasteiger partial charge >= 0.3 is 5.97 Å². The van der Waals surface area contributed by atoms with Gasteiger partial charge in [-0.25, -0.2) is 9.78 Å². The smallest absolute Gasteiger partial charge is 0.335 e. The molecule has 0 spiro atoms. The molecular formula is C30H24ClN3O5S. The zero-order chi connectivity index (χ0) is 28.8. The van der Waals surface area contributed by atoms with E-state index in [0.29, 0.717) is 33.3 Å². The van der Waals surface area contributed by atoms with Crippen LogP contribution in [0.15, 0.2) is 77.8 Å². The van der Waals surface area contributed by atoms with E-state index in [9.17, 15) is 20.0 Å². The number of anilines is 1. The third-order valence-electron chi connectivity index (χ3n) is 5.99. The van der Waals surface area contributed by atoms with Crippen molar-refractivity contribution < 1.29 is 24.2 Å². The van der Waals surface area contributed by atoms with Crippen LogP contribution in [0.5, 0.6) is 11.5 Å². The Bertz CT molecular complexity index is 1620. The first kappa shape index (κ1) is 28.5. The van der Waals surface area contributed by atoms with Gasteiger partial charge in [-0.3, -0.25) is 4.79 Å². The maximum Gasteiger partial charge on any atom is 0.335 e. The minimum Gasteiger partial charge on any atom is -0.497 e. The van der Waals surface area contributed by atoms with Gasteiger partial charge in [-0.15, -0.1) is 0 Å². The maximum atomic E-state index is 13.2.